The third kappa shape index (κ3) is 4.92. The van der Waals surface area contributed by atoms with Crippen molar-refractivity contribution in [3.63, 3.8) is 0 Å². The SMILES string of the molecule is O=c1oc(=O)c2c1c(Oc1ccccc1)c1c3c(Oc4ccccc4)ccc4ccc(Oc5ccccc5)c(c5c(Oc6ccccc6)c6c(=O)oc(=O)c6c2c15)c43. The summed E-state index contributed by atoms with van der Waals surface area (Å²) in [5.41, 5.74) is -4.04. The summed E-state index contributed by atoms with van der Waals surface area (Å²) in [5, 5.41) is 2.03. The zero-order chi connectivity index (χ0) is 39.1. The van der Waals surface area contributed by atoms with Crippen molar-refractivity contribution in [2.24, 2.45) is 0 Å². The Kier molecular flexibility index (Phi) is 7.23. The molecule has 0 atom stereocenters. The van der Waals surface area contributed by atoms with Gasteiger partial charge in [-0.05, 0) is 66.0 Å². The molecule has 276 valence electrons. The van der Waals surface area contributed by atoms with E-state index in [0.29, 0.717) is 50.7 Å². The van der Waals surface area contributed by atoms with Gasteiger partial charge in [-0.1, -0.05) is 84.9 Å². The molecule has 0 saturated carbocycles. The maximum Gasteiger partial charge on any atom is 0.350 e. The summed E-state index contributed by atoms with van der Waals surface area (Å²) in [6, 6.07) is 43.2. The van der Waals surface area contributed by atoms with E-state index in [2.05, 4.69) is 0 Å². The van der Waals surface area contributed by atoms with Crippen molar-refractivity contribution in [3.8, 4) is 46.0 Å². The molecule has 10 nitrogen and oxygen atoms in total. The molecule has 11 aromatic rings. The van der Waals surface area contributed by atoms with Crippen LogP contribution < -0.4 is 41.4 Å². The van der Waals surface area contributed by atoms with Crippen LogP contribution in [0.5, 0.6) is 46.0 Å². The Hall–Kier alpha value is -8.24. The van der Waals surface area contributed by atoms with Gasteiger partial charge in [0.25, 0.3) is 0 Å². The lowest BCUT2D eigenvalue weighted by molar-refractivity contribution is 0.481. The van der Waals surface area contributed by atoms with Gasteiger partial charge in [-0.15, -0.1) is 0 Å². The van der Waals surface area contributed by atoms with Crippen molar-refractivity contribution < 1.29 is 27.8 Å². The van der Waals surface area contributed by atoms with Crippen molar-refractivity contribution in [2.45, 2.75) is 0 Å². The highest BCUT2D eigenvalue weighted by atomic mass is 16.5. The minimum Gasteiger partial charge on any atom is -0.457 e. The van der Waals surface area contributed by atoms with E-state index in [1.165, 1.54) is 0 Å². The second-order valence-electron chi connectivity index (χ2n) is 13.6. The zero-order valence-corrected chi connectivity index (χ0v) is 29.9. The lowest BCUT2D eigenvalue weighted by Crippen LogP contribution is -2.04. The predicted molar refractivity (Wildman–Crippen MR) is 221 cm³/mol. The second kappa shape index (κ2) is 12.7. The Bertz CT molecular complexity index is 3390. The number of hydrogen-bond donors (Lipinski definition) is 0. The van der Waals surface area contributed by atoms with Crippen LogP contribution in [0.3, 0.4) is 0 Å². The van der Waals surface area contributed by atoms with Gasteiger partial charge in [-0.25, -0.2) is 19.2 Å². The molecule has 58 heavy (non-hydrogen) atoms. The van der Waals surface area contributed by atoms with E-state index in [1.807, 2.05) is 60.7 Å². The van der Waals surface area contributed by atoms with Crippen LogP contribution in [0.1, 0.15) is 0 Å². The minimum atomic E-state index is -1.03. The Morgan fingerprint density at radius 1 is 0.276 bits per heavy atom. The smallest absolute Gasteiger partial charge is 0.350 e. The van der Waals surface area contributed by atoms with Gasteiger partial charge >= 0.3 is 22.5 Å². The largest absolute Gasteiger partial charge is 0.457 e. The van der Waals surface area contributed by atoms with E-state index in [9.17, 15) is 19.2 Å². The van der Waals surface area contributed by atoms with Gasteiger partial charge in [0.05, 0.1) is 10.8 Å². The number of benzene rings is 9. The zero-order valence-electron chi connectivity index (χ0n) is 29.9. The molecule has 0 saturated heterocycles. The first-order chi connectivity index (χ1) is 28.4. The molecule has 9 aromatic carbocycles. The monoisotopic (exact) mass is 760 g/mol. The fourth-order valence-corrected chi connectivity index (χ4v) is 8.05. The Morgan fingerprint density at radius 3 is 0.983 bits per heavy atom. The van der Waals surface area contributed by atoms with E-state index in [-0.39, 0.29) is 54.6 Å². The van der Waals surface area contributed by atoms with Crippen LogP contribution in [-0.4, -0.2) is 0 Å². The predicted octanol–water partition coefficient (Wildman–Crippen LogP) is 10.7. The van der Waals surface area contributed by atoms with Crippen molar-refractivity contribution in [1.82, 2.24) is 0 Å². The quantitative estimate of drug-likeness (QED) is 0.109. The number of fused-ring (bicyclic) bond motifs is 6. The molecule has 2 heterocycles. The van der Waals surface area contributed by atoms with Gasteiger partial charge in [0.2, 0.25) is 0 Å². The Balaban J connectivity index is 1.48. The molecule has 0 aliphatic carbocycles. The topological polar surface area (TPSA) is 131 Å². The standard InChI is InChI=1S/C48H24O10/c49-45-39-36-35-37(43(41(39)47(51)57-45)55-28-17-9-3-10-18-28)33-30(53-26-13-5-1-6-14-26)23-21-25-22-24-31(54-27-15-7-2-8-16-27)34(32(25)33)38(35)44(56-29-19-11-4-12-20-29)42-40(36)46(50)58-48(42)52/h1-24H. The molecule has 2 aromatic heterocycles. The summed E-state index contributed by atoms with van der Waals surface area (Å²) in [6.07, 6.45) is 0. The van der Waals surface area contributed by atoms with E-state index >= 15 is 0 Å². The van der Waals surface area contributed by atoms with Crippen LogP contribution in [0.25, 0.3) is 64.6 Å². The highest BCUT2D eigenvalue weighted by molar-refractivity contribution is 6.45. The first-order valence-corrected chi connectivity index (χ1v) is 18.2. The van der Waals surface area contributed by atoms with Crippen LogP contribution in [0, 0.1) is 0 Å². The van der Waals surface area contributed by atoms with Crippen LogP contribution in [-0.2, 0) is 0 Å². The van der Waals surface area contributed by atoms with E-state index in [4.69, 9.17) is 27.8 Å². The Morgan fingerprint density at radius 2 is 0.603 bits per heavy atom. The first kappa shape index (κ1) is 33.1. The van der Waals surface area contributed by atoms with E-state index in [1.54, 1.807) is 84.9 Å². The molecule has 11 rings (SSSR count). The third-order valence-corrected chi connectivity index (χ3v) is 10.3. The number of furan rings is 2. The summed E-state index contributed by atoms with van der Waals surface area (Å²) < 4.78 is 37.4. The molecule has 0 N–H and O–H groups in total. The van der Waals surface area contributed by atoms with Gasteiger partial charge in [-0.3, -0.25) is 0 Å². The molecule has 0 aliphatic rings. The van der Waals surface area contributed by atoms with Crippen LogP contribution in [0.4, 0.5) is 0 Å². The summed E-state index contributed by atoms with van der Waals surface area (Å²) in [5.74, 6) is 2.35. The average Bonchev–Trinajstić information content (AvgIpc) is 3.72. The lowest BCUT2D eigenvalue weighted by Gasteiger charge is -2.23. The number of hydrogen-bond acceptors (Lipinski definition) is 10. The van der Waals surface area contributed by atoms with Crippen molar-refractivity contribution >= 4 is 64.6 Å². The molecule has 0 spiro atoms. The average molecular weight is 761 g/mol. The van der Waals surface area contributed by atoms with Gasteiger partial charge in [-0.2, -0.15) is 0 Å². The molecule has 0 fully saturated rings. The van der Waals surface area contributed by atoms with Crippen molar-refractivity contribution in [3.05, 3.63) is 187 Å². The van der Waals surface area contributed by atoms with Gasteiger partial charge in [0.1, 0.15) is 45.3 Å². The van der Waals surface area contributed by atoms with Gasteiger partial charge in [0.15, 0.2) is 11.5 Å². The van der Waals surface area contributed by atoms with E-state index in [0.717, 1.165) is 5.39 Å². The first-order valence-electron chi connectivity index (χ1n) is 18.2. The second-order valence-corrected chi connectivity index (χ2v) is 13.6. The van der Waals surface area contributed by atoms with E-state index < -0.39 is 22.5 Å². The fraction of sp³-hybridized carbons (Fsp3) is 0. The molecule has 0 unspecified atom stereocenters. The third-order valence-electron chi connectivity index (χ3n) is 10.3. The molecule has 0 amide bonds. The van der Waals surface area contributed by atoms with Gasteiger partial charge < -0.3 is 27.8 Å². The highest BCUT2D eigenvalue weighted by Gasteiger charge is 2.34. The summed E-state index contributed by atoms with van der Waals surface area (Å²) in [4.78, 5) is 56.0. The van der Waals surface area contributed by atoms with Gasteiger partial charge in [0, 0.05) is 37.7 Å². The van der Waals surface area contributed by atoms with Crippen molar-refractivity contribution in [2.75, 3.05) is 0 Å². The fourth-order valence-electron chi connectivity index (χ4n) is 8.05. The Labute approximate surface area is 324 Å². The van der Waals surface area contributed by atoms with Crippen molar-refractivity contribution in [1.29, 1.82) is 0 Å². The van der Waals surface area contributed by atoms with Crippen LogP contribution in [0.2, 0.25) is 0 Å². The normalized spacial score (nSPS) is 11.7. The molecular formula is C48H24O10. The molecule has 0 bridgehead atoms. The molecule has 10 heteroatoms. The van der Waals surface area contributed by atoms with Crippen LogP contribution >= 0.6 is 0 Å². The summed E-state index contributed by atoms with van der Waals surface area (Å²) in [6.45, 7) is 0. The molecule has 0 aliphatic heterocycles. The van der Waals surface area contributed by atoms with Crippen LogP contribution in [0.15, 0.2) is 174 Å². The lowest BCUT2D eigenvalue weighted by atomic mass is 9.84. The summed E-state index contributed by atoms with van der Waals surface area (Å²) in [7, 11) is 0. The maximum absolute atomic E-state index is 14.0. The highest BCUT2D eigenvalue weighted by Crippen LogP contribution is 2.57. The maximum atomic E-state index is 14.0. The minimum absolute atomic E-state index is 0.0282. The number of rotatable bonds is 8. The summed E-state index contributed by atoms with van der Waals surface area (Å²) >= 11 is 0. The number of ether oxygens (including phenoxy) is 4. The number of para-hydroxylation sites is 4. The molecular weight excluding hydrogens is 737 g/mol. The molecule has 0 radical (unpaired) electrons.